The van der Waals surface area contributed by atoms with Crippen molar-refractivity contribution >= 4 is 28.7 Å². The maximum atomic E-state index is 14.1. The smallest absolute Gasteiger partial charge is 0.316 e. The molecule has 260 valence electrons. The van der Waals surface area contributed by atoms with Gasteiger partial charge < -0.3 is 15.2 Å². The number of carbonyl (C=O) groups is 2. The van der Waals surface area contributed by atoms with Gasteiger partial charge in [0.15, 0.2) is 0 Å². The third-order valence-electron chi connectivity index (χ3n) is 9.16. The van der Waals surface area contributed by atoms with Crippen LogP contribution in [0.1, 0.15) is 70.4 Å². The van der Waals surface area contributed by atoms with E-state index in [9.17, 15) is 14.1 Å². The molecule has 2 atom stereocenters. The third-order valence-corrected chi connectivity index (χ3v) is 9.94. The Kier molecular flexibility index (Phi) is 11.8. The molecule has 2 amide bonds. The maximum Gasteiger partial charge on any atom is 0.316 e. The Labute approximate surface area is 305 Å². The summed E-state index contributed by atoms with van der Waals surface area (Å²) < 4.78 is 11.4. The van der Waals surface area contributed by atoms with Crippen LogP contribution in [0.5, 0.6) is 0 Å². The number of anilines is 1. The lowest BCUT2D eigenvalue weighted by molar-refractivity contribution is -0.117. The molecule has 0 aliphatic rings. The first-order valence-electron chi connectivity index (χ1n) is 17.2. The summed E-state index contributed by atoms with van der Waals surface area (Å²) in [4.78, 5) is 26.7. The molecule has 0 aliphatic carbocycles. The van der Waals surface area contributed by atoms with Crippen molar-refractivity contribution in [2.75, 3.05) is 17.6 Å². The van der Waals surface area contributed by atoms with Gasteiger partial charge in [-0.3, -0.25) is 9.59 Å². The molecule has 5 aromatic rings. The van der Waals surface area contributed by atoms with Gasteiger partial charge in [-0.25, -0.2) is 0 Å². The van der Waals surface area contributed by atoms with Gasteiger partial charge in [-0.05, 0) is 107 Å². The van der Waals surface area contributed by atoms with Crippen LogP contribution in [0.15, 0.2) is 109 Å². The van der Waals surface area contributed by atoms with Gasteiger partial charge in [0.25, 0.3) is 5.91 Å². The number of aryl methyl sites for hydroxylation is 3. The second-order valence-corrected chi connectivity index (χ2v) is 15.4. The molecule has 7 heteroatoms. The molecule has 1 unspecified atom stereocenters. The van der Waals surface area contributed by atoms with Crippen LogP contribution in [0, 0.1) is 31.4 Å². The molecule has 6 nitrogen and oxygen atoms in total. The minimum Gasteiger partial charge on any atom is -0.602 e. The van der Waals surface area contributed by atoms with Crippen LogP contribution in [0.25, 0.3) is 22.3 Å². The number of carbonyl (C=O) groups excluding carboxylic acids is 2. The molecule has 51 heavy (non-hydrogen) atoms. The van der Waals surface area contributed by atoms with Crippen molar-refractivity contribution in [1.29, 1.82) is 5.26 Å². The molecule has 0 spiro atoms. The van der Waals surface area contributed by atoms with E-state index in [0.29, 0.717) is 12.0 Å². The van der Waals surface area contributed by atoms with Gasteiger partial charge in [0.1, 0.15) is 5.75 Å². The Morgan fingerprint density at radius 2 is 1.33 bits per heavy atom. The maximum absolute atomic E-state index is 14.1. The van der Waals surface area contributed by atoms with E-state index in [1.54, 1.807) is 17.5 Å². The molecule has 5 aromatic carbocycles. The van der Waals surface area contributed by atoms with E-state index in [1.165, 1.54) is 27.8 Å². The normalized spacial score (nSPS) is 12.4. The predicted octanol–water partition coefficient (Wildman–Crippen LogP) is 9.17. The predicted molar refractivity (Wildman–Crippen MR) is 209 cm³/mol. The second-order valence-electron chi connectivity index (χ2n) is 14.1. The van der Waals surface area contributed by atoms with Crippen LogP contribution in [0.2, 0.25) is 0 Å². The SMILES string of the molecule is Cc1cc(C)c(-c2ccc(NC(=O)[C@H](Cc3ccc(C(=O)NCC[S+]([O-])C#N)cc3)c3ccc(-c4ccc(C(C)(C)C)cc4)cc3)cc2)c(C)c1. The first kappa shape index (κ1) is 37.1. The number of nitrogens with zero attached hydrogens (tertiary/aromatic N) is 1. The molecule has 0 bridgehead atoms. The van der Waals surface area contributed by atoms with Crippen molar-refractivity contribution in [1.82, 2.24) is 5.32 Å². The molecule has 5 rings (SSSR count). The average Bonchev–Trinajstić information content (AvgIpc) is 3.10. The van der Waals surface area contributed by atoms with Crippen molar-refractivity contribution in [3.05, 3.63) is 148 Å². The van der Waals surface area contributed by atoms with Crippen molar-refractivity contribution in [2.45, 2.75) is 59.3 Å². The molecule has 0 saturated carbocycles. The highest BCUT2D eigenvalue weighted by molar-refractivity contribution is 7.95. The monoisotopic (exact) mass is 695 g/mol. The summed E-state index contributed by atoms with van der Waals surface area (Å²) >= 11 is -1.63. The average molecular weight is 696 g/mol. The Morgan fingerprint density at radius 3 is 1.88 bits per heavy atom. The molecule has 0 fully saturated rings. The molecule has 0 aromatic heterocycles. The van der Waals surface area contributed by atoms with Crippen LogP contribution in [0.4, 0.5) is 5.69 Å². The summed E-state index contributed by atoms with van der Waals surface area (Å²) in [6, 6.07) is 36.3. The number of nitriles is 1. The van der Waals surface area contributed by atoms with Crippen molar-refractivity contribution in [3.8, 4) is 27.7 Å². The van der Waals surface area contributed by atoms with E-state index in [-0.39, 0.29) is 29.5 Å². The minimum atomic E-state index is -1.63. The number of nitrogens with one attached hydrogen (secondary N) is 2. The Balaban J connectivity index is 1.37. The zero-order chi connectivity index (χ0) is 36.7. The second kappa shape index (κ2) is 16.2. The topological polar surface area (TPSA) is 105 Å². The molecular weight excluding hydrogens is 651 g/mol. The fourth-order valence-electron chi connectivity index (χ4n) is 6.45. The number of rotatable bonds is 11. The standard InChI is InChI=1S/C44H45N3O3S/c1-29-25-30(2)41(31(3)26-29)36-17-21-39(22-18-36)47-43(49)40(27-32-7-9-37(10-8-32)42(48)46-23-24-51(50)28-45)35-13-11-33(12-14-35)34-15-19-38(20-16-34)44(4,5)6/h7-22,25-26,40H,23-24,27H2,1-6H3,(H,46,48)(H,47,49)/t40-,51?/m1/s1. The summed E-state index contributed by atoms with van der Waals surface area (Å²) in [5, 5.41) is 16.2. The van der Waals surface area contributed by atoms with Gasteiger partial charge in [-0.1, -0.05) is 111 Å². The van der Waals surface area contributed by atoms with E-state index in [2.05, 4.69) is 113 Å². The zero-order valence-electron chi connectivity index (χ0n) is 30.2. The fourth-order valence-corrected chi connectivity index (χ4v) is 6.83. The van der Waals surface area contributed by atoms with Gasteiger partial charge in [0.05, 0.1) is 23.6 Å². The quantitative estimate of drug-likeness (QED) is 0.106. The first-order chi connectivity index (χ1) is 24.3. The van der Waals surface area contributed by atoms with Crippen molar-refractivity contribution in [2.24, 2.45) is 0 Å². The molecule has 0 saturated heterocycles. The van der Waals surface area contributed by atoms with Gasteiger partial charge >= 0.3 is 5.40 Å². The Bertz CT molecular complexity index is 2000. The lowest BCUT2D eigenvalue weighted by Crippen LogP contribution is -2.28. The van der Waals surface area contributed by atoms with Gasteiger partial charge in [0.2, 0.25) is 5.91 Å². The first-order valence-corrected chi connectivity index (χ1v) is 18.5. The van der Waals surface area contributed by atoms with Crippen LogP contribution in [0.3, 0.4) is 0 Å². The van der Waals surface area contributed by atoms with E-state index in [1.807, 2.05) is 36.4 Å². The Hall–Kier alpha value is -5.16. The van der Waals surface area contributed by atoms with Crippen LogP contribution in [-0.4, -0.2) is 28.7 Å². The Morgan fingerprint density at radius 1 is 0.784 bits per heavy atom. The summed E-state index contributed by atoms with van der Waals surface area (Å²) in [6.45, 7) is 13.1. The van der Waals surface area contributed by atoms with Crippen molar-refractivity contribution in [3.63, 3.8) is 0 Å². The largest absolute Gasteiger partial charge is 0.602 e. The highest BCUT2D eigenvalue weighted by atomic mass is 32.2. The van der Waals surface area contributed by atoms with E-state index in [4.69, 9.17) is 5.26 Å². The number of hydrogen-bond donors (Lipinski definition) is 2. The van der Waals surface area contributed by atoms with E-state index >= 15 is 0 Å². The fraction of sp³-hybridized carbons (Fsp3) is 0.250. The molecule has 0 radical (unpaired) electrons. The van der Waals surface area contributed by atoms with E-state index in [0.717, 1.165) is 33.5 Å². The summed E-state index contributed by atoms with van der Waals surface area (Å²) in [5.74, 6) is -0.854. The molecule has 2 N–H and O–H groups in total. The van der Waals surface area contributed by atoms with E-state index < -0.39 is 17.1 Å². The minimum absolute atomic E-state index is 0.0728. The highest BCUT2D eigenvalue weighted by Gasteiger charge is 2.23. The van der Waals surface area contributed by atoms with Crippen LogP contribution >= 0.6 is 0 Å². The van der Waals surface area contributed by atoms with Gasteiger partial charge in [-0.15, -0.1) is 5.26 Å². The van der Waals surface area contributed by atoms with Crippen LogP contribution < -0.4 is 10.6 Å². The lowest BCUT2D eigenvalue weighted by atomic mass is 9.86. The number of benzene rings is 5. The number of thiocyanates is 1. The summed E-state index contributed by atoms with van der Waals surface area (Å²) in [6.07, 6.45) is 0.425. The molecular formula is C44H45N3O3S. The highest BCUT2D eigenvalue weighted by Crippen LogP contribution is 2.31. The summed E-state index contributed by atoms with van der Waals surface area (Å²) in [5.41, 5.74) is 12.5. The number of hydrogen-bond acceptors (Lipinski definition) is 4. The van der Waals surface area contributed by atoms with Crippen molar-refractivity contribution < 1.29 is 14.1 Å². The van der Waals surface area contributed by atoms with Crippen LogP contribution in [-0.2, 0) is 27.8 Å². The number of amides is 2. The molecule has 0 heterocycles. The molecule has 0 aliphatic heterocycles. The zero-order valence-corrected chi connectivity index (χ0v) is 31.0. The van der Waals surface area contributed by atoms with Gasteiger partial charge in [-0.2, -0.15) is 0 Å². The third kappa shape index (κ3) is 9.55. The lowest BCUT2D eigenvalue weighted by Gasteiger charge is -2.20. The summed E-state index contributed by atoms with van der Waals surface area (Å²) in [7, 11) is 0. The van der Waals surface area contributed by atoms with Gasteiger partial charge in [0, 0.05) is 11.3 Å².